The molecule has 0 bridgehead atoms. The summed E-state index contributed by atoms with van der Waals surface area (Å²) in [4.78, 5) is 0. The minimum Gasteiger partial charge on any atom is -0.494 e. The van der Waals surface area contributed by atoms with Gasteiger partial charge in [0.2, 0.25) is 0 Å². The van der Waals surface area contributed by atoms with Crippen molar-refractivity contribution in [2.45, 2.75) is 6.61 Å². The summed E-state index contributed by atoms with van der Waals surface area (Å²) in [5.41, 5.74) is 6.07. The van der Waals surface area contributed by atoms with Crippen LogP contribution in [0.25, 0.3) is 0 Å². The Kier molecular flexibility index (Phi) is 4.78. The highest BCUT2D eigenvalue weighted by molar-refractivity contribution is 5.55. The molecule has 0 spiro atoms. The Balaban J connectivity index is 2.42. The third-order valence-corrected chi connectivity index (χ3v) is 1.80. The van der Waals surface area contributed by atoms with Crippen molar-refractivity contribution in [2.24, 2.45) is 0 Å². The molecule has 0 saturated carbocycles. The van der Waals surface area contributed by atoms with Gasteiger partial charge in [-0.3, -0.25) is 0 Å². The minimum absolute atomic E-state index is 0.0391. The van der Waals surface area contributed by atoms with Crippen molar-refractivity contribution >= 4 is 5.69 Å². The van der Waals surface area contributed by atoms with Gasteiger partial charge in [0.1, 0.15) is 18.1 Å². The number of hydrogen-bond donors (Lipinski definition) is 1. The zero-order valence-corrected chi connectivity index (χ0v) is 8.78. The Morgan fingerprint density at radius 2 is 2.06 bits per heavy atom. The zero-order valence-electron chi connectivity index (χ0n) is 8.78. The first-order valence-corrected chi connectivity index (χ1v) is 4.59. The second-order valence-electron chi connectivity index (χ2n) is 2.88. The highest BCUT2D eigenvalue weighted by Gasteiger charge is 2.03. The summed E-state index contributed by atoms with van der Waals surface area (Å²) in [6, 6.07) is 4.82. The first-order chi connectivity index (χ1) is 7.63. The number of ether oxygens (including phenoxy) is 3. The van der Waals surface area contributed by atoms with E-state index in [0.717, 1.165) is 0 Å². The summed E-state index contributed by atoms with van der Waals surface area (Å²) < 4.78 is 37.4. The fourth-order valence-corrected chi connectivity index (χ4v) is 1.08. The number of methoxy groups -OCH3 is 1. The van der Waals surface area contributed by atoms with Crippen molar-refractivity contribution < 1.29 is 23.0 Å². The van der Waals surface area contributed by atoms with Crippen LogP contribution in [-0.4, -0.2) is 26.9 Å². The number of hydrogen-bond acceptors (Lipinski definition) is 4. The number of nitrogen functional groups attached to an aromatic ring is 1. The number of halogens is 2. The summed E-state index contributed by atoms with van der Waals surface area (Å²) >= 11 is 0. The Morgan fingerprint density at radius 1 is 1.31 bits per heavy atom. The lowest BCUT2D eigenvalue weighted by atomic mass is 10.3. The molecule has 0 aliphatic rings. The van der Waals surface area contributed by atoms with Gasteiger partial charge in [-0.25, -0.2) is 0 Å². The molecule has 0 atom stereocenters. The average Bonchev–Trinajstić information content (AvgIpc) is 2.26. The second-order valence-corrected chi connectivity index (χ2v) is 2.88. The first kappa shape index (κ1) is 12.5. The molecule has 0 unspecified atom stereocenters. The van der Waals surface area contributed by atoms with E-state index in [1.54, 1.807) is 18.2 Å². The lowest BCUT2D eigenvalue weighted by molar-refractivity contribution is -0.133. The Morgan fingerprint density at radius 3 is 2.69 bits per heavy atom. The fraction of sp³-hybridized carbons (Fsp3) is 0.400. The molecule has 1 aromatic rings. The van der Waals surface area contributed by atoms with E-state index in [1.807, 2.05) is 0 Å². The first-order valence-electron chi connectivity index (χ1n) is 4.59. The maximum Gasteiger partial charge on any atom is 0.345 e. The van der Waals surface area contributed by atoms with Crippen LogP contribution in [0.2, 0.25) is 0 Å². The molecule has 0 amide bonds. The molecule has 0 heterocycles. The fourth-order valence-electron chi connectivity index (χ4n) is 1.08. The topological polar surface area (TPSA) is 53.7 Å². The highest BCUT2D eigenvalue weighted by Crippen LogP contribution is 2.26. The van der Waals surface area contributed by atoms with Gasteiger partial charge < -0.3 is 19.9 Å². The van der Waals surface area contributed by atoms with E-state index in [4.69, 9.17) is 15.2 Å². The quantitative estimate of drug-likeness (QED) is 0.602. The lowest BCUT2D eigenvalue weighted by Gasteiger charge is -2.09. The molecule has 1 aromatic carbocycles. The molecule has 0 saturated heterocycles. The van der Waals surface area contributed by atoms with Gasteiger partial charge in [-0.1, -0.05) is 0 Å². The summed E-state index contributed by atoms with van der Waals surface area (Å²) in [6.07, 6.45) is 0. The lowest BCUT2D eigenvalue weighted by Crippen LogP contribution is -2.09. The zero-order chi connectivity index (χ0) is 12.0. The predicted octanol–water partition coefficient (Wildman–Crippen LogP) is 1.90. The Labute approximate surface area is 91.9 Å². The largest absolute Gasteiger partial charge is 0.494 e. The van der Waals surface area contributed by atoms with Crippen LogP contribution in [0.15, 0.2) is 18.2 Å². The van der Waals surface area contributed by atoms with Gasteiger partial charge in [-0.15, -0.1) is 0 Å². The van der Waals surface area contributed by atoms with E-state index in [2.05, 4.69) is 4.74 Å². The molecule has 0 aliphatic heterocycles. The average molecular weight is 233 g/mol. The van der Waals surface area contributed by atoms with Crippen LogP contribution in [-0.2, 0) is 4.74 Å². The smallest absolute Gasteiger partial charge is 0.345 e. The van der Waals surface area contributed by atoms with Crippen LogP contribution in [0, 0.1) is 0 Å². The molecule has 0 aliphatic carbocycles. The molecular weight excluding hydrogens is 220 g/mol. The molecule has 0 fully saturated rings. The van der Waals surface area contributed by atoms with Gasteiger partial charge in [0, 0.05) is 6.07 Å². The third-order valence-electron chi connectivity index (χ3n) is 1.80. The predicted molar refractivity (Wildman–Crippen MR) is 54.9 cm³/mol. The van der Waals surface area contributed by atoms with E-state index < -0.39 is 6.61 Å². The normalized spacial score (nSPS) is 10.5. The van der Waals surface area contributed by atoms with Crippen LogP contribution >= 0.6 is 0 Å². The maximum atomic E-state index is 11.6. The van der Waals surface area contributed by atoms with Crippen LogP contribution in [0.1, 0.15) is 0 Å². The van der Waals surface area contributed by atoms with Crippen molar-refractivity contribution in [2.75, 3.05) is 26.1 Å². The monoisotopic (exact) mass is 233 g/mol. The molecule has 6 heteroatoms. The minimum atomic E-state index is -2.77. The summed E-state index contributed by atoms with van der Waals surface area (Å²) in [5, 5.41) is 0. The molecule has 2 N–H and O–H groups in total. The van der Waals surface area contributed by atoms with Gasteiger partial charge in [0.05, 0.1) is 19.4 Å². The van der Waals surface area contributed by atoms with Gasteiger partial charge in [0.15, 0.2) is 0 Å². The molecule has 4 nitrogen and oxygen atoms in total. The molecular formula is C10H13F2NO3. The number of nitrogens with two attached hydrogens (primary N) is 1. The van der Waals surface area contributed by atoms with Gasteiger partial charge >= 0.3 is 6.61 Å². The van der Waals surface area contributed by atoms with E-state index in [9.17, 15) is 8.78 Å². The number of anilines is 1. The standard InChI is InChI=1S/C10H13F2NO3/c1-14-9-6-7(2-3-8(9)13)15-4-5-16-10(11)12/h2-3,6,10H,4-5,13H2,1H3. The molecule has 1 rings (SSSR count). The van der Waals surface area contributed by atoms with Crippen LogP contribution in [0.5, 0.6) is 11.5 Å². The molecule has 90 valence electrons. The van der Waals surface area contributed by atoms with Gasteiger partial charge in [0.25, 0.3) is 0 Å². The van der Waals surface area contributed by atoms with Crippen LogP contribution < -0.4 is 15.2 Å². The van der Waals surface area contributed by atoms with Crippen molar-refractivity contribution in [1.82, 2.24) is 0 Å². The molecule has 16 heavy (non-hydrogen) atoms. The van der Waals surface area contributed by atoms with E-state index in [-0.39, 0.29) is 13.2 Å². The van der Waals surface area contributed by atoms with Crippen LogP contribution in [0.4, 0.5) is 14.5 Å². The molecule has 0 radical (unpaired) electrons. The summed E-state index contributed by atoms with van der Waals surface area (Å²) in [7, 11) is 1.48. The molecule has 0 aromatic heterocycles. The highest BCUT2D eigenvalue weighted by atomic mass is 19.3. The van der Waals surface area contributed by atoms with E-state index in [0.29, 0.717) is 17.2 Å². The second kappa shape index (κ2) is 6.12. The summed E-state index contributed by atoms with van der Waals surface area (Å²) in [6.45, 7) is -2.91. The third kappa shape index (κ3) is 3.90. The summed E-state index contributed by atoms with van der Waals surface area (Å²) in [5.74, 6) is 0.969. The van der Waals surface area contributed by atoms with Crippen molar-refractivity contribution in [3.05, 3.63) is 18.2 Å². The number of alkyl halides is 2. The van der Waals surface area contributed by atoms with Crippen molar-refractivity contribution in [1.29, 1.82) is 0 Å². The SMILES string of the molecule is COc1cc(OCCOC(F)F)ccc1N. The van der Waals surface area contributed by atoms with Crippen molar-refractivity contribution in [3.8, 4) is 11.5 Å². The van der Waals surface area contributed by atoms with E-state index in [1.165, 1.54) is 7.11 Å². The Hall–Kier alpha value is -1.56. The number of benzene rings is 1. The maximum absolute atomic E-state index is 11.6. The van der Waals surface area contributed by atoms with Gasteiger partial charge in [-0.05, 0) is 12.1 Å². The van der Waals surface area contributed by atoms with Gasteiger partial charge in [-0.2, -0.15) is 8.78 Å². The van der Waals surface area contributed by atoms with Crippen LogP contribution in [0.3, 0.4) is 0 Å². The van der Waals surface area contributed by atoms with Crippen molar-refractivity contribution in [3.63, 3.8) is 0 Å². The van der Waals surface area contributed by atoms with E-state index >= 15 is 0 Å². The Bertz CT molecular complexity index is 334. The number of rotatable bonds is 6.